The fourth-order valence-electron chi connectivity index (χ4n) is 1.38. The van der Waals surface area contributed by atoms with Gasteiger partial charge in [0.1, 0.15) is 5.75 Å². The molecule has 0 unspecified atom stereocenters. The van der Waals surface area contributed by atoms with E-state index in [0.717, 1.165) is 15.7 Å². The van der Waals surface area contributed by atoms with Crippen LogP contribution in [-0.2, 0) is 10.5 Å². The third-order valence-corrected chi connectivity index (χ3v) is 4.63. The number of benzene rings is 1. The molecule has 0 N–H and O–H groups in total. The molecule has 0 amide bonds. The number of carbonyl (C=O) groups is 1. The van der Waals surface area contributed by atoms with E-state index in [9.17, 15) is 4.79 Å². The Morgan fingerprint density at radius 3 is 2.68 bits per heavy atom. The van der Waals surface area contributed by atoms with Crippen LogP contribution in [0.5, 0.6) is 5.75 Å². The van der Waals surface area contributed by atoms with E-state index >= 15 is 0 Å². The number of carbonyl (C=O) groups excluding carboxylic acids is 1. The summed E-state index contributed by atoms with van der Waals surface area (Å²) in [5, 5.41) is 0.389. The molecule has 0 radical (unpaired) electrons. The molecule has 1 aromatic heterocycles. The van der Waals surface area contributed by atoms with E-state index in [2.05, 4.69) is 9.72 Å². The molecule has 0 aliphatic rings. The number of aromatic nitrogens is 1. The molecule has 100 valence electrons. The zero-order valence-electron chi connectivity index (χ0n) is 10.6. The lowest BCUT2D eigenvalue weighted by atomic mass is 10.2. The predicted molar refractivity (Wildman–Crippen MR) is 76.0 cm³/mol. The molecular formula is C13H13NO3S2. The lowest BCUT2D eigenvalue weighted by Crippen LogP contribution is -1.98. The predicted octanol–water partition coefficient (Wildman–Crippen LogP) is 3.23. The van der Waals surface area contributed by atoms with Crippen molar-refractivity contribution in [2.45, 2.75) is 9.96 Å². The quantitative estimate of drug-likeness (QED) is 0.626. The fourth-order valence-corrected chi connectivity index (χ4v) is 3.23. The topological polar surface area (TPSA) is 48.4 Å². The van der Waals surface area contributed by atoms with Crippen molar-refractivity contribution in [2.75, 3.05) is 14.2 Å². The molecule has 0 bridgehead atoms. The van der Waals surface area contributed by atoms with Gasteiger partial charge in [-0.25, -0.2) is 9.78 Å². The number of esters is 1. The van der Waals surface area contributed by atoms with Crippen LogP contribution in [0.25, 0.3) is 0 Å². The van der Waals surface area contributed by atoms with Crippen molar-refractivity contribution in [1.82, 2.24) is 4.98 Å². The Bertz CT molecular complexity index is 551. The van der Waals surface area contributed by atoms with Gasteiger partial charge in [0, 0.05) is 5.75 Å². The normalized spacial score (nSPS) is 10.2. The first kappa shape index (κ1) is 13.9. The zero-order chi connectivity index (χ0) is 13.7. The van der Waals surface area contributed by atoms with Gasteiger partial charge in [0.05, 0.1) is 24.6 Å². The van der Waals surface area contributed by atoms with Crippen molar-refractivity contribution in [3.8, 4) is 5.75 Å². The molecule has 0 saturated carbocycles. The van der Waals surface area contributed by atoms with Gasteiger partial charge in [-0.05, 0) is 17.7 Å². The maximum Gasteiger partial charge on any atom is 0.367 e. The third-order valence-electron chi connectivity index (χ3n) is 2.38. The Morgan fingerprint density at radius 1 is 1.32 bits per heavy atom. The zero-order valence-corrected chi connectivity index (χ0v) is 12.2. The van der Waals surface area contributed by atoms with Crippen molar-refractivity contribution in [3.05, 3.63) is 41.0 Å². The molecule has 1 heterocycles. The van der Waals surface area contributed by atoms with Crippen molar-refractivity contribution in [2.24, 2.45) is 0 Å². The van der Waals surface area contributed by atoms with Crippen molar-refractivity contribution in [1.29, 1.82) is 0 Å². The fraction of sp³-hybridized carbons (Fsp3) is 0.231. The van der Waals surface area contributed by atoms with Gasteiger partial charge in [-0.1, -0.05) is 12.1 Å². The van der Waals surface area contributed by atoms with Gasteiger partial charge >= 0.3 is 5.97 Å². The number of thioether (sulfide) groups is 1. The molecule has 6 heteroatoms. The third kappa shape index (κ3) is 3.71. The highest BCUT2D eigenvalue weighted by atomic mass is 32.2. The Morgan fingerprint density at radius 2 is 2.05 bits per heavy atom. The van der Waals surface area contributed by atoms with Gasteiger partial charge in [0.2, 0.25) is 5.01 Å². The van der Waals surface area contributed by atoms with Crippen molar-refractivity contribution in [3.63, 3.8) is 0 Å². The SMILES string of the molecule is COC(=O)c1ncc(SCc2ccc(OC)cc2)s1. The van der Waals surface area contributed by atoms with Gasteiger partial charge in [-0.2, -0.15) is 0 Å². The lowest BCUT2D eigenvalue weighted by Gasteiger charge is -2.02. The summed E-state index contributed by atoms with van der Waals surface area (Å²) in [5.74, 6) is 1.29. The highest BCUT2D eigenvalue weighted by molar-refractivity contribution is 8.00. The average Bonchev–Trinajstić information content (AvgIpc) is 2.93. The maximum absolute atomic E-state index is 11.3. The number of hydrogen-bond donors (Lipinski definition) is 0. The summed E-state index contributed by atoms with van der Waals surface area (Å²) in [6, 6.07) is 7.91. The first-order valence-electron chi connectivity index (χ1n) is 5.53. The van der Waals surface area contributed by atoms with Crippen molar-refractivity contribution >= 4 is 29.1 Å². The molecular weight excluding hydrogens is 282 g/mol. The standard InChI is InChI=1S/C13H13NO3S2/c1-16-10-5-3-9(4-6-10)8-18-11-7-14-12(19-11)13(15)17-2/h3-7H,8H2,1-2H3. The lowest BCUT2D eigenvalue weighted by molar-refractivity contribution is 0.0600. The Kier molecular flexibility index (Phi) is 4.81. The van der Waals surface area contributed by atoms with Crippen LogP contribution in [-0.4, -0.2) is 25.2 Å². The number of methoxy groups -OCH3 is 2. The number of thiazole rings is 1. The highest BCUT2D eigenvalue weighted by Crippen LogP contribution is 2.29. The van der Waals surface area contributed by atoms with Crippen LogP contribution >= 0.6 is 23.1 Å². The number of hydrogen-bond acceptors (Lipinski definition) is 6. The monoisotopic (exact) mass is 295 g/mol. The summed E-state index contributed by atoms with van der Waals surface area (Å²) in [5.41, 5.74) is 1.19. The summed E-state index contributed by atoms with van der Waals surface area (Å²) in [4.78, 5) is 15.3. The van der Waals surface area contributed by atoms with E-state index in [1.807, 2.05) is 24.3 Å². The van der Waals surface area contributed by atoms with Crippen LogP contribution in [0.4, 0.5) is 0 Å². The summed E-state index contributed by atoms with van der Waals surface area (Å²) in [6.45, 7) is 0. The van der Waals surface area contributed by atoms with E-state index in [4.69, 9.17) is 4.74 Å². The van der Waals surface area contributed by atoms with Crippen LogP contribution in [0, 0.1) is 0 Å². The summed E-state index contributed by atoms with van der Waals surface area (Å²) in [7, 11) is 3.00. The van der Waals surface area contributed by atoms with E-state index in [-0.39, 0.29) is 5.97 Å². The first-order valence-corrected chi connectivity index (χ1v) is 7.33. The largest absolute Gasteiger partial charge is 0.497 e. The van der Waals surface area contributed by atoms with Gasteiger partial charge in [-0.15, -0.1) is 23.1 Å². The van der Waals surface area contributed by atoms with Crippen LogP contribution in [0.15, 0.2) is 34.7 Å². The second kappa shape index (κ2) is 6.58. The van der Waals surface area contributed by atoms with Gasteiger partial charge in [0.15, 0.2) is 0 Å². The van der Waals surface area contributed by atoms with Gasteiger partial charge in [-0.3, -0.25) is 0 Å². The summed E-state index contributed by atoms with van der Waals surface area (Å²) < 4.78 is 10.7. The summed E-state index contributed by atoms with van der Waals surface area (Å²) in [6.07, 6.45) is 1.70. The molecule has 0 spiro atoms. The van der Waals surface area contributed by atoms with Crippen LogP contribution < -0.4 is 4.74 Å². The second-order valence-electron chi connectivity index (χ2n) is 3.61. The van der Waals surface area contributed by atoms with Crippen LogP contribution in [0.1, 0.15) is 15.4 Å². The number of nitrogens with zero attached hydrogens (tertiary/aromatic N) is 1. The molecule has 1 aromatic carbocycles. The molecule has 2 aromatic rings. The summed E-state index contributed by atoms with van der Waals surface area (Å²) >= 11 is 2.99. The minimum atomic E-state index is -0.388. The van der Waals surface area contributed by atoms with Gasteiger partial charge in [0.25, 0.3) is 0 Å². The first-order chi connectivity index (χ1) is 9.22. The number of rotatable bonds is 5. The molecule has 0 atom stereocenters. The average molecular weight is 295 g/mol. The minimum absolute atomic E-state index is 0.388. The van der Waals surface area contributed by atoms with Gasteiger partial charge < -0.3 is 9.47 Å². The Balaban J connectivity index is 1.94. The minimum Gasteiger partial charge on any atom is -0.497 e. The van der Waals surface area contributed by atoms with E-state index in [0.29, 0.717) is 5.01 Å². The molecule has 0 aliphatic heterocycles. The Hall–Kier alpha value is -1.53. The molecule has 0 saturated heterocycles. The van der Waals surface area contributed by atoms with Crippen LogP contribution in [0.3, 0.4) is 0 Å². The van der Waals surface area contributed by atoms with Crippen LogP contribution in [0.2, 0.25) is 0 Å². The van der Waals surface area contributed by atoms with Crippen molar-refractivity contribution < 1.29 is 14.3 Å². The van der Waals surface area contributed by atoms with E-state index < -0.39 is 0 Å². The maximum atomic E-state index is 11.3. The molecule has 19 heavy (non-hydrogen) atoms. The molecule has 0 fully saturated rings. The highest BCUT2D eigenvalue weighted by Gasteiger charge is 2.11. The number of ether oxygens (including phenoxy) is 2. The Labute approximate surface area is 119 Å². The second-order valence-corrected chi connectivity index (χ2v) is 5.92. The molecule has 2 rings (SSSR count). The molecule has 0 aliphatic carbocycles. The molecule has 4 nitrogen and oxygen atoms in total. The van der Waals surface area contributed by atoms with E-state index in [1.54, 1.807) is 25.1 Å². The van der Waals surface area contributed by atoms with E-state index in [1.165, 1.54) is 24.0 Å². The smallest absolute Gasteiger partial charge is 0.367 e.